The number of benzene rings is 1. The van der Waals surface area contributed by atoms with Crippen LogP contribution in [0.5, 0.6) is 0 Å². The topological polar surface area (TPSA) is 52.6 Å². The van der Waals surface area contributed by atoms with Gasteiger partial charge >= 0.3 is 0 Å². The highest BCUT2D eigenvalue weighted by atomic mass is 32.2. The number of hydrogen-bond acceptors (Lipinski definition) is 5. The zero-order chi connectivity index (χ0) is 15.4. The van der Waals surface area contributed by atoms with E-state index in [2.05, 4.69) is 5.43 Å². The lowest BCUT2D eigenvalue weighted by molar-refractivity contribution is -0.135. The summed E-state index contributed by atoms with van der Waals surface area (Å²) in [6.07, 6.45) is 0.218. The van der Waals surface area contributed by atoms with Gasteiger partial charge in [-0.05, 0) is 19.7 Å². The molecule has 0 radical (unpaired) electrons. The van der Waals surface area contributed by atoms with Crippen molar-refractivity contribution in [2.24, 2.45) is 0 Å². The van der Waals surface area contributed by atoms with Gasteiger partial charge in [0.25, 0.3) is 5.91 Å². The van der Waals surface area contributed by atoms with Gasteiger partial charge < -0.3 is 4.90 Å². The van der Waals surface area contributed by atoms with Crippen LogP contribution in [0.2, 0.25) is 0 Å². The number of hydrogen-bond donors (Lipinski definition) is 1. The largest absolute Gasteiger partial charge is 0.308 e. The smallest absolute Gasteiger partial charge is 0.261 e. The van der Waals surface area contributed by atoms with Crippen LogP contribution < -0.4 is 5.43 Å². The highest BCUT2D eigenvalue weighted by Gasteiger charge is 2.38. The molecule has 1 unspecified atom stereocenters. The minimum atomic E-state index is -0.260. The maximum atomic E-state index is 12.2. The van der Waals surface area contributed by atoms with E-state index in [1.807, 2.05) is 49.3 Å². The Labute approximate surface area is 133 Å². The molecule has 1 aromatic carbocycles. The Kier molecular flexibility index (Phi) is 5.33. The molecule has 1 aliphatic heterocycles. The Bertz CT molecular complexity index is 548. The van der Waals surface area contributed by atoms with Crippen LogP contribution >= 0.6 is 24.0 Å². The van der Waals surface area contributed by atoms with E-state index in [0.717, 1.165) is 5.56 Å². The van der Waals surface area contributed by atoms with Crippen molar-refractivity contribution in [3.05, 3.63) is 35.9 Å². The van der Waals surface area contributed by atoms with Crippen LogP contribution in [-0.2, 0) is 16.0 Å². The molecule has 5 nitrogen and oxygen atoms in total. The maximum Gasteiger partial charge on any atom is 0.261 e. The van der Waals surface area contributed by atoms with E-state index >= 15 is 0 Å². The molecule has 2 amide bonds. The molecule has 1 atom stereocenters. The first-order valence-corrected chi connectivity index (χ1v) is 7.79. The summed E-state index contributed by atoms with van der Waals surface area (Å²) in [5.74, 6) is -0.414. The van der Waals surface area contributed by atoms with Gasteiger partial charge in [-0.1, -0.05) is 54.3 Å². The van der Waals surface area contributed by atoms with E-state index in [9.17, 15) is 9.59 Å². The number of amides is 2. The van der Waals surface area contributed by atoms with Gasteiger partial charge in [-0.3, -0.25) is 15.0 Å². The first-order chi connectivity index (χ1) is 9.97. The fraction of sp³-hybridized carbons (Fsp3) is 0.357. The maximum absolute atomic E-state index is 12.2. The zero-order valence-electron chi connectivity index (χ0n) is 11.9. The highest BCUT2D eigenvalue weighted by molar-refractivity contribution is 8.24. The second kappa shape index (κ2) is 7.02. The third-order valence-electron chi connectivity index (χ3n) is 2.90. The molecule has 1 saturated heterocycles. The van der Waals surface area contributed by atoms with Gasteiger partial charge in [-0.15, -0.1) is 0 Å². The van der Waals surface area contributed by atoms with Gasteiger partial charge in [0, 0.05) is 6.54 Å². The van der Waals surface area contributed by atoms with E-state index in [-0.39, 0.29) is 23.5 Å². The van der Waals surface area contributed by atoms with E-state index < -0.39 is 0 Å². The quantitative estimate of drug-likeness (QED) is 0.821. The van der Waals surface area contributed by atoms with Crippen LogP contribution in [-0.4, -0.2) is 51.9 Å². The summed E-state index contributed by atoms with van der Waals surface area (Å²) >= 11 is 6.48. The molecule has 0 saturated carbocycles. The van der Waals surface area contributed by atoms with Gasteiger partial charge in [0.1, 0.15) is 5.25 Å². The van der Waals surface area contributed by atoms with Gasteiger partial charge in [0.15, 0.2) is 4.32 Å². The number of carbonyl (C=O) groups is 2. The Morgan fingerprint density at radius 3 is 2.67 bits per heavy atom. The highest BCUT2D eigenvalue weighted by Crippen LogP contribution is 2.26. The molecule has 0 bridgehead atoms. The van der Waals surface area contributed by atoms with Crippen LogP contribution in [0.3, 0.4) is 0 Å². The van der Waals surface area contributed by atoms with Crippen LogP contribution in [0, 0.1) is 0 Å². The first kappa shape index (κ1) is 15.9. The number of nitrogens with one attached hydrogen (secondary N) is 1. The third-order valence-corrected chi connectivity index (χ3v) is 4.39. The molecular weight excluding hydrogens is 306 g/mol. The SMILES string of the molecule is CN(C)CC1SC(=S)N(NC(=O)Cc2ccccc2)C1=O. The molecule has 1 aliphatic rings. The lowest BCUT2D eigenvalue weighted by Gasteiger charge is -2.17. The van der Waals surface area contributed by atoms with Gasteiger partial charge in [0.05, 0.1) is 6.42 Å². The molecule has 1 aromatic rings. The molecule has 0 spiro atoms. The minimum absolute atomic E-state index is 0.167. The predicted molar refractivity (Wildman–Crippen MR) is 87.7 cm³/mol. The number of carbonyl (C=O) groups excluding carboxylic acids is 2. The molecule has 21 heavy (non-hydrogen) atoms. The van der Waals surface area contributed by atoms with Crippen LogP contribution in [0.15, 0.2) is 30.3 Å². The minimum Gasteiger partial charge on any atom is -0.308 e. The van der Waals surface area contributed by atoms with Crippen molar-refractivity contribution < 1.29 is 9.59 Å². The Hall–Kier alpha value is -1.44. The summed E-state index contributed by atoms with van der Waals surface area (Å²) in [5.41, 5.74) is 3.49. The van der Waals surface area contributed by atoms with E-state index in [0.29, 0.717) is 10.9 Å². The number of rotatable bonds is 5. The van der Waals surface area contributed by atoms with Crippen molar-refractivity contribution in [3.8, 4) is 0 Å². The second-order valence-electron chi connectivity index (χ2n) is 5.01. The van der Waals surface area contributed by atoms with Gasteiger partial charge in [-0.25, -0.2) is 5.01 Å². The van der Waals surface area contributed by atoms with Crippen molar-refractivity contribution in [3.63, 3.8) is 0 Å². The molecule has 0 aliphatic carbocycles. The molecular formula is C14H17N3O2S2. The normalized spacial score (nSPS) is 18.4. The summed E-state index contributed by atoms with van der Waals surface area (Å²) in [4.78, 5) is 26.1. The number of hydrazine groups is 1. The van der Waals surface area contributed by atoms with Crippen molar-refractivity contribution >= 4 is 40.1 Å². The lowest BCUT2D eigenvalue weighted by Crippen LogP contribution is -2.47. The summed E-state index contributed by atoms with van der Waals surface area (Å²) in [6, 6.07) is 9.37. The van der Waals surface area contributed by atoms with Crippen molar-refractivity contribution in [2.45, 2.75) is 11.7 Å². The van der Waals surface area contributed by atoms with Crippen LogP contribution in [0.25, 0.3) is 0 Å². The average Bonchev–Trinajstić information content (AvgIpc) is 2.67. The fourth-order valence-electron chi connectivity index (χ4n) is 1.95. The van der Waals surface area contributed by atoms with E-state index in [1.165, 1.54) is 16.8 Å². The summed E-state index contributed by atoms with van der Waals surface area (Å²) in [6.45, 7) is 0.592. The Morgan fingerprint density at radius 2 is 2.05 bits per heavy atom. The molecule has 1 fully saturated rings. The standard InChI is InChI=1S/C14H17N3O2S2/c1-16(2)9-11-13(19)17(14(20)21-11)15-12(18)8-10-6-4-3-5-7-10/h3-7,11H,8-9H2,1-2H3,(H,15,18). The van der Waals surface area contributed by atoms with Crippen molar-refractivity contribution in [1.82, 2.24) is 15.3 Å². The van der Waals surface area contributed by atoms with Gasteiger partial charge in [-0.2, -0.15) is 0 Å². The third kappa shape index (κ3) is 4.26. The summed E-state index contributed by atoms with van der Waals surface area (Å²) < 4.78 is 0.397. The molecule has 2 rings (SSSR count). The fourth-order valence-corrected chi connectivity index (χ4v) is 3.50. The lowest BCUT2D eigenvalue weighted by atomic mass is 10.1. The van der Waals surface area contributed by atoms with E-state index in [4.69, 9.17) is 12.2 Å². The van der Waals surface area contributed by atoms with E-state index in [1.54, 1.807) is 0 Å². The summed E-state index contributed by atoms with van der Waals surface area (Å²) in [5, 5.41) is 0.934. The molecule has 1 heterocycles. The summed E-state index contributed by atoms with van der Waals surface area (Å²) in [7, 11) is 3.79. The first-order valence-electron chi connectivity index (χ1n) is 6.50. The average molecular weight is 323 g/mol. The Morgan fingerprint density at radius 1 is 1.38 bits per heavy atom. The second-order valence-corrected chi connectivity index (χ2v) is 6.84. The molecule has 0 aromatic heterocycles. The molecule has 112 valence electrons. The predicted octanol–water partition coefficient (Wildman–Crippen LogP) is 1.05. The number of nitrogens with zero attached hydrogens (tertiary/aromatic N) is 2. The van der Waals surface area contributed by atoms with Crippen LogP contribution in [0.1, 0.15) is 5.56 Å². The van der Waals surface area contributed by atoms with Crippen molar-refractivity contribution in [1.29, 1.82) is 0 Å². The molecule has 7 heteroatoms. The monoisotopic (exact) mass is 323 g/mol. The Balaban J connectivity index is 1.94. The van der Waals surface area contributed by atoms with Gasteiger partial charge in [0.2, 0.25) is 5.91 Å². The zero-order valence-corrected chi connectivity index (χ0v) is 13.5. The van der Waals surface area contributed by atoms with Crippen molar-refractivity contribution in [2.75, 3.05) is 20.6 Å². The number of thioether (sulfide) groups is 1. The number of thiocarbonyl (C=S) groups is 1. The molecule has 1 N–H and O–H groups in total. The van der Waals surface area contributed by atoms with Crippen LogP contribution in [0.4, 0.5) is 0 Å².